The van der Waals surface area contributed by atoms with E-state index in [0.29, 0.717) is 22.0 Å². The Bertz CT molecular complexity index is 859. The molecule has 1 aromatic carbocycles. The third-order valence-electron chi connectivity index (χ3n) is 6.35. The van der Waals surface area contributed by atoms with Crippen LogP contribution in [0.1, 0.15) is 52.6 Å². The van der Waals surface area contributed by atoms with Crippen LogP contribution >= 0.6 is 11.3 Å². The van der Waals surface area contributed by atoms with Crippen molar-refractivity contribution in [2.45, 2.75) is 32.6 Å². The second-order valence-corrected chi connectivity index (χ2v) is 9.67. The summed E-state index contributed by atoms with van der Waals surface area (Å²) in [6.45, 7) is 7.39. The normalized spacial score (nSPS) is 20.8. The lowest BCUT2D eigenvalue weighted by molar-refractivity contribution is 0.0623. The average molecular weight is 426 g/mol. The van der Waals surface area contributed by atoms with E-state index in [9.17, 15) is 9.59 Å². The Hall–Kier alpha value is -2.18. The van der Waals surface area contributed by atoms with E-state index < -0.39 is 0 Å². The van der Waals surface area contributed by atoms with Crippen molar-refractivity contribution in [3.63, 3.8) is 0 Å². The van der Waals surface area contributed by atoms with Crippen LogP contribution in [0.15, 0.2) is 41.8 Å². The topological polar surface area (TPSA) is 52.6 Å². The van der Waals surface area contributed by atoms with Gasteiger partial charge in [0.1, 0.15) is 0 Å². The maximum Gasteiger partial charge on any atom is 0.265 e. The average Bonchev–Trinajstić information content (AvgIpc) is 3.31. The molecule has 2 aliphatic heterocycles. The molecule has 3 heterocycles. The summed E-state index contributed by atoms with van der Waals surface area (Å²) in [5.41, 5.74) is 1.17. The lowest BCUT2D eigenvalue weighted by Crippen LogP contribution is -2.45. The molecule has 0 spiro atoms. The fourth-order valence-electron chi connectivity index (χ4n) is 4.55. The highest BCUT2D eigenvalue weighted by atomic mass is 32.1. The number of nitrogens with zero attached hydrogens (tertiary/aromatic N) is 2. The monoisotopic (exact) mass is 425 g/mol. The van der Waals surface area contributed by atoms with Gasteiger partial charge in [0.25, 0.3) is 11.8 Å². The lowest BCUT2D eigenvalue weighted by atomic mass is 9.94. The second-order valence-electron chi connectivity index (χ2n) is 8.72. The van der Waals surface area contributed by atoms with Gasteiger partial charge < -0.3 is 15.1 Å². The molecule has 2 amide bonds. The minimum Gasteiger partial charge on any atom is -0.338 e. The van der Waals surface area contributed by atoms with Gasteiger partial charge in [-0.2, -0.15) is 0 Å². The minimum atomic E-state index is -0.166. The number of benzene rings is 1. The molecule has 1 aromatic heterocycles. The number of carbonyl (C=O) groups is 2. The summed E-state index contributed by atoms with van der Waals surface area (Å²) >= 11 is 1.40. The molecule has 1 atom stereocenters. The van der Waals surface area contributed by atoms with Crippen LogP contribution in [-0.4, -0.2) is 54.3 Å². The molecule has 0 aliphatic carbocycles. The van der Waals surface area contributed by atoms with E-state index in [1.54, 1.807) is 6.07 Å². The summed E-state index contributed by atoms with van der Waals surface area (Å²) in [4.78, 5) is 31.0. The maximum absolute atomic E-state index is 13.3. The van der Waals surface area contributed by atoms with Crippen molar-refractivity contribution < 1.29 is 9.59 Å². The predicted octanol–water partition coefficient (Wildman–Crippen LogP) is 4.58. The van der Waals surface area contributed by atoms with E-state index in [1.807, 2.05) is 40.6 Å². The molecule has 0 saturated carbocycles. The van der Waals surface area contributed by atoms with Crippen LogP contribution < -0.4 is 5.32 Å². The Balaban J connectivity index is 1.40. The fraction of sp³-hybridized carbons (Fsp3) is 0.500. The molecule has 5 nitrogen and oxygen atoms in total. The Labute approximate surface area is 183 Å². The first-order valence-electron chi connectivity index (χ1n) is 11.1. The van der Waals surface area contributed by atoms with E-state index >= 15 is 0 Å². The first-order valence-corrected chi connectivity index (χ1v) is 11.9. The quantitative estimate of drug-likeness (QED) is 0.763. The van der Waals surface area contributed by atoms with Crippen molar-refractivity contribution in [2.24, 2.45) is 11.8 Å². The maximum atomic E-state index is 13.3. The first-order chi connectivity index (χ1) is 14.6. The molecule has 0 radical (unpaired) electrons. The number of amides is 2. The third kappa shape index (κ3) is 5.10. The zero-order chi connectivity index (χ0) is 20.9. The summed E-state index contributed by atoms with van der Waals surface area (Å²) < 4.78 is 0. The second kappa shape index (κ2) is 9.75. The van der Waals surface area contributed by atoms with Crippen molar-refractivity contribution >= 4 is 28.8 Å². The van der Waals surface area contributed by atoms with E-state index in [2.05, 4.69) is 17.1 Å². The number of anilines is 1. The van der Waals surface area contributed by atoms with Crippen molar-refractivity contribution in [3.8, 4) is 0 Å². The number of nitrogens with one attached hydrogen (secondary N) is 1. The highest BCUT2D eigenvalue weighted by Gasteiger charge is 2.28. The van der Waals surface area contributed by atoms with Crippen LogP contribution in [0.2, 0.25) is 0 Å². The van der Waals surface area contributed by atoms with E-state index in [0.717, 1.165) is 32.0 Å². The van der Waals surface area contributed by atoms with Gasteiger partial charge in [-0.1, -0.05) is 25.1 Å². The Morgan fingerprint density at radius 2 is 1.87 bits per heavy atom. The Kier molecular flexibility index (Phi) is 6.85. The number of likely N-dealkylation sites (tertiary alicyclic amines) is 2. The van der Waals surface area contributed by atoms with Gasteiger partial charge in [-0.15, -0.1) is 11.3 Å². The molecule has 1 N–H and O–H groups in total. The largest absolute Gasteiger partial charge is 0.338 e. The van der Waals surface area contributed by atoms with Gasteiger partial charge in [0.15, 0.2) is 0 Å². The number of piperidine rings is 2. The number of rotatable bonds is 5. The molecule has 2 aromatic rings. The standard InChI is InChI=1S/C24H31N3O2S/c1-18-10-13-26(14-11-18)16-19-6-4-12-27(17-19)24(29)20-7-2-3-8-21(20)25-23(28)22-9-5-15-30-22/h2-3,5,7-9,15,18-19H,4,6,10-14,16-17H2,1H3,(H,25,28). The molecule has 2 saturated heterocycles. The summed E-state index contributed by atoms with van der Waals surface area (Å²) in [5.74, 6) is 1.23. The van der Waals surface area contributed by atoms with Crippen LogP contribution in [0.3, 0.4) is 0 Å². The molecule has 1 unspecified atom stereocenters. The van der Waals surface area contributed by atoms with Gasteiger partial charge in [0, 0.05) is 19.6 Å². The summed E-state index contributed by atoms with van der Waals surface area (Å²) in [6.07, 6.45) is 4.80. The van der Waals surface area contributed by atoms with E-state index in [4.69, 9.17) is 0 Å². The van der Waals surface area contributed by atoms with Gasteiger partial charge in [0.05, 0.1) is 16.1 Å². The van der Waals surface area contributed by atoms with Crippen LogP contribution in [0.4, 0.5) is 5.69 Å². The highest BCUT2D eigenvalue weighted by Crippen LogP contribution is 2.25. The van der Waals surface area contributed by atoms with Crippen LogP contribution in [0.5, 0.6) is 0 Å². The summed E-state index contributed by atoms with van der Waals surface area (Å²) in [7, 11) is 0. The Morgan fingerprint density at radius 1 is 1.07 bits per heavy atom. The van der Waals surface area contributed by atoms with Gasteiger partial charge in [-0.3, -0.25) is 9.59 Å². The van der Waals surface area contributed by atoms with Crippen LogP contribution in [-0.2, 0) is 0 Å². The molecule has 2 aliphatic rings. The molecule has 30 heavy (non-hydrogen) atoms. The zero-order valence-corrected chi connectivity index (χ0v) is 18.5. The molecule has 6 heteroatoms. The predicted molar refractivity (Wildman–Crippen MR) is 122 cm³/mol. The van der Waals surface area contributed by atoms with Crippen molar-refractivity contribution in [2.75, 3.05) is 38.0 Å². The third-order valence-corrected chi connectivity index (χ3v) is 7.22. The van der Waals surface area contributed by atoms with Crippen LogP contribution in [0, 0.1) is 11.8 Å². The zero-order valence-electron chi connectivity index (χ0n) is 17.7. The number of thiophene rings is 1. The van der Waals surface area contributed by atoms with E-state index in [-0.39, 0.29) is 11.8 Å². The van der Waals surface area contributed by atoms with Gasteiger partial charge in [-0.05, 0) is 74.2 Å². The first kappa shape index (κ1) is 21.1. The SMILES string of the molecule is CC1CCN(CC2CCCN(C(=O)c3ccccc3NC(=O)c3cccs3)C2)CC1. The number of hydrogen-bond acceptors (Lipinski definition) is 4. The lowest BCUT2D eigenvalue weighted by Gasteiger charge is -2.38. The molecular weight excluding hydrogens is 394 g/mol. The molecular formula is C24H31N3O2S. The number of carbonyl (C=O) groups excluding carboxylic acids is 2. The van der Waals surface area contributed by atoms with E-state index in [1.165, 1.54) is 43.7 Å². The molecule has 0 bridgehead atoms. The Morgan fingerprint density at radius 3 is 2.63 bits per heavy atom. The number of para-hydroxylation sites is 1. The molecule has 4 rings (SSSR count). The van der Waals surface area contributed by atoms with Crippen molar-refractivity contribution in [3.05, 3.63) is 52.2 Å². The summed E-state index contributed by atoms with van der Waals surface area (Å²) in [5, 5.41) is 4.81. The van der Waals surface area contributed by atoms with Crippen molar-refractivity contribution in [1.82, 2.24) is 9.80 Å². The molecule has 160 valence electrons. The van der Waals surface area contributed by atoms with Crippen molar-refractivity contribution in [1.29, 1.82) is 0 Å². The fourth-order valence-corrected chi connectivity index (χ4v) is 5.17. The van der Waals surface area contributed by atoms with Gasteiger partial charge in [0.2, 0.25) is 0 Å². The van der Waals surface area contributed by atoms with Crippen LogP contribution in [0.25, 0.3) is 0 Å². The minimum absolute atomic E-state index is 0.0223. The van der Waals surface area contributed by atoms with Gasteiger partial charge in [-0.25, -0.2) is 0 Å². The number of hydrogen-bond donors (Lipinski definition) is 1. The smallest absolute Gasteiger partial charge is 0.265 e. The highest BCUT2D eigenvalue weighted by molar-refractivity contribution is 7.12. The molecule has 2 fully saturated rings. The van der Waals surface area contributed by atoms with Gasteiger partial charge >= 0.3 is 0 Å². The summed E-state index contributed by atoms with van der Waals surface area (Å²) in [6, 6.07) is 11.0.